The number of benzene rings is 1. The molecule has 1 aliphatic rings. The van der Waals surface area contributed by atoms with Crippen molar-refractivity contribution in [1.82, 2.24) is 10.3 Å². The van der Waals surface area contributed by atoms with E-state index >= 15 is 0 Å². The summed E-state index contributed by atoms with van der Waals surface area (Å²) in [5.41, 5.74) is 0.925. The van der Waals surface area contributed by atoms with Gasteiger partial charge in [-0.3, -0.25) is 10.2 Å². The summed E-state index contributed by atoms with van der Waals surface area (Å²) >= 11 is 0. The summed E-state index contributed by atoms with van der Waals surface area (Å²) in [6.45, 7) is 0. The molecule has 7 nitrogen and oxygen atoms in total. The molecule has 0 bridgehead atoms. The number of hydrogen-bond acceptors (Lipinski definition) is 5. The lowest BCUT2D eigenvalue weighted by atomic mass is 10.1. The van der Waals surface area contributed by atoms with E-state index in [9.17, 15) is 34.8 Å². The van der Waals surface area contributed by atoms with Crippen molar-refractivity contribution in [2.24, 2.45) is 5.92 Å². The molecule has 1 aromatic rings. The third-order valence-corrected chi connectivity index (χ3v) is 6.72. The number of hydrogen-bond donors (Lipinski definition) is 2. The second-order valence-corrected chi connectivity index (χ2v) is 9.56. The fraction of sp³-hybridized carbons (Fsp3) is 0.462. The molecule has 1 fully saturated rings. The van der Waals surface area contributed by atoms with Gasteiger partial charge in [-0.25, -0.2) is 16.8 Å². The van der Waals surface area contributed by atoms with Gasteiger partial charge in [-0.1, -0.05) is 0 Å². The van der Waals surface area contributed by atoms with Crippen LogP contribution in [0.4, 0.5) is 13.2 Å². The van der Waals surface area contributed by atoms with Crippen LogP contribution in [0.15, 0.2) is 29.2 Å². The SMILES string of the molecule is O=C(C[C@H]1CCS(=O)(=O)C1)NNS(=O)(=O)c1ccc(C(F)(F)F)cc1. The third-order valence-electron chi connectivity index (χ3n) is 3.62. The minimum Gasteiger partial charge on any atom is -0.278 e. The van der Waals surface area contributed by atoms with Crippen molar-refractivity contribution in [1.29, 1.82) is 0 Å². The maximum Gasteiger partial charge on any atom is 0.416 e. The number of carbonyl (C=O) groups is 1. The number of alkyl halides is 3. The van der Waals surface area contributed by atoms with Gasteiger partial charge in [0.2, 0.25) is 5.91 Å². The molecule has 0 aliphatic carbocycles. The summed E-state index contributed by atoms with van der Waals surface area (Å²) in [5.74, 6) is -1.26. The average molecular weight is 400 g/mol. The minimum atomic E-state index is -4.59. The largest absolute Gasteiger partial charge is 0.416 e. The lowest BCUT2D eigenvalue weighted by molar-refractivity contribution is -0.137. The number of nitrogens with one attached hydrogen (secondary N) is 2. The van der Waals surface area contributed by atoms with Crippen molar-refractivity contribution in [3.8, 4) is 0 Å². The molecule has 1 amide bonds. The van der Waals surface area contributed by atoms with E-state index < -0.39 is 42.4 Å². The van der Waals surface area contributed by atoms with E-state index in [-0.39, 0.29) is 23.8 Å². The molecule has 1 heterocycles. The third kappa shape index (κ3) is 5.41. The van der Waals surface area contributed by atoms with Crippen molar-refractivity contribution < 1.29 is 34.8 Å². The van der Waals surface area contributed by atoms with Crippen LogP contribution in [0.5, 0.6) is 0 Å². The number of rotatable bonds is 5. The number of hydrazine groups is 1. The van der Waals surface area contributed by atoms with E-state index in [0.29, 0.717) is 18.6 Å². The van der Waals surface area contributed by atoms with Gasteiger partial charge in [0.1, 0.15) is 0 Å². The Bertz CT molecular complexity index is 849. The van der Waals surface area contributed by atoms with Crippen LogP contribution in [-0.4, -0.2) is 34.2 Å². The van der Waals surface area contributed by atoms with Gasteiger partial charge in [0.15, 0.2) is 9.84 Å². The van der Waals surface area contributed by atoms with Crippen LogP contribution in [0.2, 0.25) is 0 Å². The first kappa shape index (κ1) is 19.7. The Morgan fingerprint density at radius 1 is 1.20 bits per heavy atom. The molecule has 1 aliphatic heterocycles. The molecule has 0 spiro atoms. The average Bonchev–Trinajstić information content (AvgIpc) is 2.83. The van der Waals surface area contributed by atoms with Crippen LogP contribution in [0.1, 0.15) is 18.4 Å². The van der Waals surface area contributed by atoms with Crippen molar-refractivity contribution in [2.75, 3.05) is 11.5 Å². The first-order valence-electron chi connectivity index (χ1n) is 7.07. The summed E-state index contributed by atoms with van der Waals surface area (Å²) in [6, 6.07) is 2.75. The van der Waals surface area contributed by atoms with E-state index in [4.69, 9.17) is 0 Å². The van der Waals surface area contributed by atoms with Gasteiger partial charge in [-0.2, -0.15) is 13.2 Å². The summed E-state index contributed by atoms with van der Waals surface area (Å²) in [7, 11) is -7.40. The Hall–Kier alpha value is -1.66. The number of halogens is 3. The van der Waals surface area contributed by atoms with Crippen LogP contribution < -0.4 is 10.3 Å². The first-order chi connectivity index (χ1) is 11.4. The molecule has 25 heavy (non-hydrogen) atoms. The van der Waals surface area contributed by atoms with Gasteiger partial charge in [-0.15, -0.1) is 4.83 Å². The van der Waals surface area contributed by atoms with E-state index in [2.05, 4.69) is 0 Å². The second kappa shape index (κ2) is 6.92. The smallest absolute Gasteiger partial charge is 0.278 e. The van der Waals surface area contributed by atoms with Gasteiger partial charge >= 0.3 is 6.18 Å². The molecule has 1 atom stereocenters. The zero-order valence-electron chi connectivity index (χ0n) is 12.7. The highest BCUT2D eigenvalue weighted by Crippen LogP contribution is 2.29. The Morgan fingerprint density at radius 2 is 1.80 bits per heavy atom. The molecule has 0 radical (unpaired) electrons. The Balaban J connectivity index is 1.94. The van der Waals surface area contributed by atoms with Gasteiger partial charge in [0.05, 0.1) is 22.0 Å². The van der Waals surface area contributed by atoms with E-state index in [1.165, 1.54) is 0 Å². The maximum absolute atomic E-state index is 12.5. The number of carbonyl (C=O) groups excluding carboxylic acids is 1. The minimum absolute atomic E-state index is 0.0117. The van der Waals surface area contributed by atoms with Crippen molar-refractivity contribution in [2.45, 2.75) is 23.9 Å². The summed E-state index contributed by atoms with van der Waals surface area (Å²) < 4.78 is 83.8. The molecule has 0 unspecified atom stereocenters. The molecule has 12 heteroatoms. The zero-order valence-corrected chi connectivity index (χ0v) is 14.3. The molecule has 2 N–H and O–H groups in total. The topological polar surface area (TPSA) is 109 Å². The molecule has 140 valence electrons. The summed E-state index contributed by atoms with van der Waals surface area (Å²) in [6.07, 6.45) is -4.44. The Labute approximate surface area is 142 Å². The fourth-order valence-corrected chi connectivity index (χ4v) is 5.07. The van der Waals surface area contributed by atoms with Gasteiger partial charge in [0, 0.05) is 6.42 Å². The number of sulfonamides is 1. The molecule has 1 aromatic carbocycles. The highest BCUT2D eigenvalue weighted by molar-refractivity contribution is 7.91. The van der Waals surface area contributed by atoms with Crippen molar-refractivity contribution >= 4 is 25.8 Å². The second-order valence-electron chi connectivity index (χ2n) is 5.65. The quantitative estimate of drug-likeness (QED) is 0.712. The highest BCUT2D eigenvalue weighted by atomic mass is 32.2. The first-order valence-corrected chi connectivity index (χ1v) is 10.4. The van der Waals surface area contributed by atoms with Crippen LogP contribution >= 0.6 is 0 Å². The molecule has 0 saturated carbocycles. The maximum atomic E-state index is 12.5. The monoisotopic (exact) mass is 400 g/mol. The Morgan fingerprint density at radius 3 is 2.28 bits per heavy atom. The molecular formula is C13H15F3N2O5S2. The lowest BCUT2D eigenvalue weighted by Crippen LogP contribution is -2.42. The van der Waals surface area contributed by atoms with Gasteiger partial charge in [0.25, 0.3) is 10.0 Å². The zero-order chi connectivity index (χ0) is 18.9. The van der Waals surface area contributed by atoms with Crippen molar-refractivity contribution in [3.05, 3.63) is 29.8 Å². The number of amides is 1. The molecule has 1 saturated heterocycles. The van der Waals surface area contributed by atoms with Crippen LogP contribution in [0.3, 0.4) is 0 Å². The normalized spacial score (nSPS) is 20.4. The van der Waals surface area contributed by atoms with Crippen LogP contribution in [0, 0.1) is 5.92 Å². The van der Waals surface area contributed by atoms with Crippen molar-refractivity contribution in [3.63, 3.8) is 0 Å². The standard InChI is InChI=1S/C13H15F3N2O5S2/c14-13(15,16)10-1-3-11(4-2-10)25(22,23)18-17-12(19)7-9-5-6-24(20,21)8-9/h1-4,9,18H,5-8H2,(H,17,19)/t9-/m1/s1. The lowest BCUT2D eigenvalue weighted by Gasteiger charge is -2.11. The van der Waals surface area contributed by atoms with Crippen LogP contribution in [0.25, 0.3) is 0 Å². The highest BCUT2D eigenvalue weighted by Gasteiger charge is 2.31. The fourth-order valence-electron chi connectivity index (χ4n) is 2.35. The molecule has 2 rings (SSSR count). The number of sulfone groups is 1. The van der Waals surface area contributed by atoms with E-state index in [1.54, 1.807) is 4.83 Å². The summed E-state index contributed by atoms with van der Waals surface area (Å²) in [5, 5.41) is 0. The predicted octanol–water partition coefficient (Wildman–Crippen LogP) is 0.840. The van der Waals surface area contributed by atoms with Gasteiger partial charge in [-0.05, 0) is 36.6 Å². The van der Waals surface area contributed by atoms with Gasteiger partial charge < -0.3 is 0 Å². The molecular weight excluding hydrogens is 385 g/mol. The summed E-state index contributed by atoms with van der Waals surface area (Å²) in [4.78, 5) is 13.0. The Kier molecular flexibility index (Phi) is 5.44. The van der Waals surface area contributed by atoms with E-state index in [1.807, 2.05) is 5.43 Å². The van der Waals surface area contributed by atoms with E-state index in [0.717, 1.165) is 12.1 Å². The predicted molar refractivity (Wildman–Crippen MR) is 81.3 cm³/mol. The van der Waals surface area contributed by atoms with Crippen LogP contribution in [-0.2, 0) is 30.8 Å². The molecule has 0 aromatic heterocycles.